The van der Waals surface area contributed by atoms with Gasteiger partial charge in [-0.15, -0.1) is 0 Å². The summed E-state index contributed by atoms with van der Waals surface area (Å²) in [5.41, 5.74) is 23.7. The van der Waals surface area contributed by atoms with Crippen LogP contribution in [0.2, 0.25) is 0 Å². The summed E-state index contributed by atoms with van der Waals surface area (Å²) in [7, 11) is 0. The first-order valence-corrected chi connectivity index (χ1v) is 36.5. The fraction of sp³-hybridized carbons (Fsp3) is 0.0714. The zero-order valence-corrected chi connectivity index (χ0v) is 54.9. The molecule has 2 aromatic heterocycles. The maximum absolute atomic E-state index is 7.85. The second-order valence-electron chi connectivity index (χ2n) is 25.7. The van der Waals surface area contributed by atoms with Crippen molar-refractivity contribution < 1.29 is 4.74 Å². The molecule has 0 saturated heterocycles. The Morgan fingerprint density at radius 1 is 0.330 bits per heavy atom. The minimum absolute atomic E-state index is 0.0729. The largest absolute Gasteiger partial charge is 0.0602 e. The predicted molar refractivity (Wildman–Crippen MR) is 400 cm³/mol. The van der Waals surface area contributed by atoms with E-state index >= 15 is 0 Å². The fourth-order valence-electron chi connectivity index (χ4n) is 16.7. The summed E-state index contributed by atoms with van der Waals surface area (Å²) in [5, 5.41) is 5.35. The third-order valence-corrected chi connectivity index (χ3v) is 25.6. The molecule has 0 atom stereocenters. The Labute approximate surface area is 559 Å². The average molecular weight is 1330 g/mol. The molecule has 444 valence electrons. The molecule has 15 aromatic rings. The summed E-state index contributed by atoms with van der Waals surface area (Å²) in [5.74, 6) is 1.78. The SMILES string of the molecule is c1ccc(N2c3ccccc3B3c4cc5c(cc4Oc4cc(N(c6ccccc6)C6CCCCC6)cc2c43)N(c2ccccc2)c2cc(N(c3ccccc3)c3cccc4c3[se]c3ccccc34)cc3c2B5c2ccccc2N3c2cccc3c2[se]c2ccccc23)cc1. The van der Waals surface area contributed by atoms with Crippen LogP contribution in [-0.2, 0) is 0 Å². The van der Waals surface area contributed by atoms with Gasteiger partial charge in [0.25, 0.3) is 0 Å². The van der Waals surface area contributed by atoms with Gasteiger partial charge in [0.05, 0.1) is 0 Å². The van der Waals surface area contributed by atoms with E-state index in [-0.39, 0.29) is 42.4 Å². The third-order valence-electron chi connectivity index (χ3n) is 20.5. The zero-order chi connectivity index (χ0) is 61.5. The Bertz CT molecular complexity index is 5540. The third kappa shape index (κ3) is 8.30. The zero-order valence-electron chi connectivity index (χ0n) is 51.4. The number of benzene rings is 13. The van der Waals surface area contributed by atoms with Gasteiger partial charge in [0, 0.05) is 29.2 Å². The van der Waals surface area contributed by atoms with E-state index in [1.807, 2.05) is 0 Å². The molecule has 0 amide bonds. The van der Waals surface area contributed by atoms with Gasteiger partial charge < -0.3 is 9.80 Å². The first-order valence-electron chi connectivity index (χ1n) is 33.1. The number of rotatable bonds is 9. The molecule has 0 radical (unpaired) electrons. The Hall–Kier alpha value is -10.2. The maximum Gasteiger partial charge on any atom is -0.0380 e. The normalized spacial score (nSPS) is 14.3. The van der Waals surface area contributed by atoms with Gasteiger partial charge in [-0.2, -0.15) is 0 Å². The van der Waals surface area contributed by atoms with Crippen LogP contribution < -0.4 is 62.0 Å². The van der Waals surface area contributed by atoms with Crippen molar-refractivity contribution in [3.05, 3.63) is 291 Å². The van der Waals surface area contributed by atoms with E-state index in [1.165, 1.54) is 125 Å². The molecule has 6 nitrogen and oxygen atoms in total. The van der Waals surface area contributed by atoms with Crippen LogP contribution in [0.5, 0.6) is 11.5 Å². The van der Waals surface area contributed by atoms with Crippen LogP contribution >= 0.6 is 0 Å². The molecule has 0 spiro atoms. The van der Waals surface area contributed by atoms with Gasteiger partial charge in [-0.3, -0.25) is 0 Å². The van der Waals surface area contributed by atoms with Crippen LogP contribution in [0.3, 0.4) is 0 Å². The van der Waals surface area contributed by atoms with E-state index in [4.69, 9.17) is 4.74 Å². The van der Waals surface area contributed by atoms with Crippen molar-refractivity contribution in [1.29, 1.82) is 0 Å². The average Bonchev–Trinajstić information content (AvgIpc) is 0.736. The number of nitrogens with zero attached hydrogens (tertiary/aromatic N) is 5. The van der Waals surface area contributed by atoms with Crippen LogP contribution in [0.25, 0.3) is 38.6 Å². The van der Waals surface area contributed by atoms with Crippen molar-refractivity contribution in [2.24, 2.45) is 0 Å². The molecule has 0 unspecified atom stereocenters. The van der Waals surface area contributed by atoms with Gasteiger partial charge in [0.1, 0.15) is 0 Å². The van der Waals surface area contributed by atoms with Gasteiger partial charge in [-0.05, 0) is 49.2 Å². The van der Waals surface area contributed by atoms with E-state index in [0.29, 0.717) is 6.04 Å². The Morgan fingerprint density at radius 2 is 0.830 bits per heavy atom. The summed E-state index contributed by atoms with van der Waals surface area (Å²) in [6, 6.07) is 110. The fourth-order valence-corrected chi connectivity index (χ4v) is 21.7. The van der Waals surface area contributed by atoms with Crippen molar-refractivity contribution in [3.63, 3.8) is 0 Å². The van der Waals surface area contributed by atoms with Crippen molar-refractivity contribution in [2.45, 2.75) is 38.1 Å². The van der Waals surface area contributed by atoms with Crippen LogP contribution in [0.1, 0.15) is 32.1 Å². The van der Waals surface area contributed by atoms with E-state index in [2.05, 4.69) is 316 Å². The van der Waals surface area contributed by atoms with E-state index in [1.54, 1.807) is 0 Å². The van der Waals surface area contributed by atoms with Gasteiger partial charge in [-0.1, -0.05) is 67.8 Å². The molecule has 1 fully saturated rings. The number of hydrogen-bond donors (Lipinski definition) is 0. The monoisotopic (exact) mass is 1340 g/mol. The molecule has 94 heavy (non-hydrogen) atoms. The molecule has 1 aliphatic carbocycles. The van der Waals surface area contributed by atoms with Crippen LogP contribution in [0, 0.1) is 0 Å². The summed E-state index contributed by atoms with van der Waals surface area (Å²) in [6.45, 7) is -0.295. The van der Waals surface area contributed by atoms with E-state index in [9.17, 15) is 0 Å². The van der Waals surface area contributed by atoms with Gasteiger partial charge in [0.2, 0.25) is 0 Å². The molecule has 6 heterocycles. The second kappa shape index (κ2) is 21.7. The molecular formula is C84H59B2N5OSe2. The minimum atomic E-state index is -0.159. The molecule has 1 saturated carbocycles. The number of ether oxygens (including phenoxy) is 1. The van der Waals surface area contributed by atoms with Crippen molar-refractivity contribution >= 4 is 193 Å². The number of para-hydroxylation sites is 6. The first-order chi connectivity index (χ1) is 46.7. The molecule has 0 bridgehead atoms. The first kappa shape index (κ1) is 54.4. The molecule has 13 aromatic carbocycles. The molecular weight excluding hydrogens is 1270 g/mol. The van der Waals surface area contributed by atoms with E-state index in [0.717, 1.165) is 69.8 Å². The molecule has 4 aliphatic heterocycles. The van der Waals surface area contributed by atoms with Crippen LogP contribution in [-0.4, -0.2) is 48.5 Å². The second-order valence-corrected chi connectivity index (χ2v) is 30.1. The Kier molecular flexibility index (Phi) is 12.6. The van der Waals surface area contributed by atoms with Gasteiger partial charge in [0.15, 0.2) is 0 Å². The Morgan fingerprint density at radius 3 is 1.51 bits per heavy atom. The quantitative estimate of drug-likeness (QED) is 0.134. The molecule has 0 N–H and O–H groups in total. The number of fused-ring (bicyclic) bond motifs is 14. The van der Waals surface area contributed by atoms with Crippen molar-refractivity contribution in [2.75, 3.05) is 24.5 Å². The van der Waals surface area contributed by atoms with Gasteiger partial charge >= 0.3 is 407 Å². The summed E-state index contributed by atoms with van der Waals surface area (Å²) in [4.78, 5) is 13.0. The topological polar surface area (TPSA) is 25.4 Å². The smallest absolute Gasteiger partial charge is 0.0380 e. The van der Waals surface area contributed by atoms with Crippen molar-refractivity contribution in [1.82, 2.24) is 0 Å². The van der Waals surface area contributed by atoms with Gasteiger partial charge in [-0.25, -0.2) is 0 Å². The summed E-state index contributed by atoms with van der Waals surface area (Å²) < 4.78 is 13.5. The molecule has 5 aliphatic rings. The number of anilines is 14. The maximum atomic E-state index is 7.85. The molecule has 20 rings (SSSR count). The number of hydrogen-bond acceptors (Lipinski definition) is 6. The van der Waals surface area contributed by atoms with Crippen LogP contribution in [0.4, 0.5) is 79.6 Å². The minimum Gasteiger partial charge on any atom is -0.0602 e. The summed E-state index contributed by atoms with van der Waals surface area (Å²) >= 11 is 0.155. The standard InChI is InChI=1S/C84H59B2N5OSe2/c1-6-26-54(27-7-1)87(55-28-8-2-9-29-55)60-50-76-82-78(51-60)92-77-53-73-67(52-68(77)86(82)65-40-18-20-42-69(65)89(76)57-32-12-4-13-33-57)85-66-41-19-21-43-70(66)91(72-45-25-39-64-62-37-17-23-47-80(62)94-84(64)72)75-49-59(48-74(81(75)85)90(73)58-34-14-5-15-35-58)88(56-30-10-3-11-31-56)71-44-24-38-63-61-36-16-22-46-79(61)93-83(63)71/h1,3-7,10-27,30-53,55H,2,8-9,28-29H2. The predicted octanol–water partition coefficient (Wildman–Crippen LogP) is 17.8. The molecule has 10 heteroatoms. The Balaban J connectivity index is 0.873. The van der Waals surface area contributed by atoms with E-state index < -0.39 is 0 Å². The van der Waals surface area contributed by atoms with Crippen LogP contribution in [0.15, 0.2) is 291 Å². The van der Waals surface area contributed by atoms with Crippen molar-refractivity contribution in [3.8, 4) is 11.5 Å². The summed E-state index contributed by atoms with van der Waals surface area (Å²) in [6.07, 6.45) is 6.00.